The molecule has 2 aliphatic rings. The maximum absolute atomic E-state index is 3.91. The van der Waals surface area contributed by atoms with Gasteiger partial charge in [0.25, 0.3) is 0 Å². The number of benzene rings is 1. The highest BCUT2D eigenvalue weighted by molar-refractivity contribution is 7.10. The van der Waals surface area contributed by atoms with Gasteiger partial charge in [0, 0.05) is 22.9 Å². The van der Waals surface area contributed by atoms with Gasteiger partial charge in [0.15, 0.2) is 0 Å². The quantitative estimate of drug-likeness (QED) is 0.851. The molecule has 0 saturated heterocycles. The van der Waals surface area contributed by atoms with Crippen LogP contribution in [0.4, 0.5) is 0 Å². The lowest BCUT2D eigenvalue weighted by molar-refractivity contribution is 0.480. The monoisotopic (exact) mass is 269 g/mol. The summed E-state index contributed by atoms with van der Waals surface area (Å²) in [6.45, 7) is 0. The molecular weight excluding hydrogens is 250 g/mol. The first kappa shape index (κ1) is 11.7. The number of hydrogen-bond acceptors (Lipinski definition) is 2. The topological polar surface area (TPSA) is 12.0 Å². The molecule has 2 heteroatoms. The van der Waals surface area contributed by atoms with Crippen molar-refractivity contribution in [2.24, 2.45) is 5.92 Å². The molecule has 0 aliphatic heterocycles. The van der Waals surface area contributed by atoms with Gasteiger partial charge in [-0.2, -0.15) is 0 Å². The van der Waals surface area contributed by atoms with Gasteiger partial charge in [-0.3, -0.25) is 0 Å². The van der Waals surface area contributed by atoms with Crippen molar-refractivity contribution in [3.8, 4) is 0 Å². The summed E-state index contributed by atoms with van der Waals surface area (Å²) >= 11 is 1.90. The van der Waals surface area contributed by atoms with Crippen LogP contribution in [0, 0.1) is 5.92 Å². The van der Waals surface area contributed by atoms with Gasteiger partial charge in [-0.25, -0.2) is 0 Å². The van der Waals surface area contributed by atoms with E-state index in [0.717, 1.165) is 11.8 Å². The Morgan fingerprint density at radius 1 is 1.05 bits per heavy atom. The average molecular weight is 269 g/mol. The summed E-state index contributed by atoms with van der Waals surface area (Å²) in [6.07, 6.45) is 4.11. The van der Waals surface area contributed by atoms with Crippen LogP contribution in [0.15, 0.2) is 47.8 Å². The molecule has 4 rings (SSSR count). The molecule has 1 heterocycles. The zero-order valence-corrected chi connectivity index (χ0v) is 11.8. The Labute approximate surface area is 118 Å². The third kappa shape index (κ3) is 2.47. The van der Waals surface area contributed by atoms with E-state index >= 15 is 0 Å². The Kier molecular flexibility index (Phi) is 2.93. The first-order valence-electron chi connectivity index (χ1n) is 7.26. The minimum absolute atomic E-state index is 0.610. The normalized spacial score (nSPS) is 27.2. The van der Waals surface area contributed by atoms with Crippen molar-refractivity contribution in [2.75, 3.05) is 0 Å². The van der Waals surface area contributed by atoms with Crippen LogP contribution in [-0.4, -0.2) is 6.04 Å². The largest absolute Gasteiger partial charge is 0.306 e. The molecule has 1 aromatic heterocycles. The van der Waals surface area contributed by atoms with Gasteiger partial charge in [0.1, 0.15) is 0 Å². The summed E-state index contributed by atoms with van der Waals surface area (Å²) in [4.78, 5) is 1.53. The molecule has 0 bridgehead atoms. The van der Waals surface area contributed by atoms with E-state index < -0.39 is 0 Å². The smallest absolute Gasteiger partial charge is 0.0445 e. The molecule has 3 atom stereocenters. The van der Waals surface area contributed by atoms with Gasteiger partial charge in [0.05, 0.1) is 0 Å². The predicted octanol–water partition coefficient (Wildman–Crippen LogP) is 4.34. The van der Waals surface area contributed by atoms with E-state index in [0.29, 0.717) is 12.1 Å². The minimum atomic E-state index is 0.610. The van der Waals surface area contributed by atoms with Crippen LogP contribution in [0.3, 0.4) is 0 Å². The number of rotatable bonds is 5. The molecular formula is C17H19NS. The summed E-state index contributed by atoms with van der Waals surface area (Å²) in [7, 11) is 0. The Morgan fingerprint density at radius 2 is 1.89 bits per heavy atom. The van der Waals surface area contributed by atoms with Crippen LogP contribution in [0.1, 0.15) is 41.7 Å². The molecule has 98 valence electrons. The second-order valence-corrected chi connectivity index (χ2v) is 6.84. The van der Waals surface area contributed by atoms with Gasteiger partial charge in [-0.1, -0.05) is 36.4 Å². The molecule has 2 aromatic rings. The highest BCUT2D eigenvalue weighted by atomic mass is 32.1. The van der Waals surface area contributed by atoms with Crippen molar-refractivity contribution in [2.45, 2.75) is 37.3 Å². The maximum atomic E-state index is 3.91. The van der Waals surface area contributed by atoms with Crippen molar-refractivity contribution in [1.82, 2.24) is 5.32 Å². The summed E-state index contributed by atoms with van der Waals surface area (Å²) in [6, 6.07) is 16.7. The van der Waals surface area contributed by atoms with E-state index in [2.05, 4.69) is 53.2 Å². The van der Waals surface area contributed by atoms with Crippen molar-refractivity contribution >= 4 is 11.3 Å². The SMILES string of the molecule is c1ccc(C2CC2NC(c2cccs2)C2CC2)cc1. The van der Waals surface area contributed by atoms with Crippen LogP contribution in [0.5, 0.6) is 0 Å². The van der Waals surface area contributed by atoms with Crippen molar-refractivity contribution in [1.29, 1.82) is 0 Å². The third-order valence-corrected chi connectivity index (χ3v) is 5.31. The van der Waals surface area contributed by atoms with Gasteiger partial charge in [-0.05, 0) is 42.2 Å². The molecule has 0 spiro atoms. The van der Waals surface area contributed by atoms with Crippen molar-refractivity contribution < 1.29 is 0 Å². The van der Waals surface area contributed by atoms with Crippen LogP contribution in [0.2, 0.25) is 0 Å². The lowest BCUT2D eigenvalue weighted by atomic mass is 10.1. The van der Waals surface area contributed by atoms with Crippen LogP contribution >= 0.6 is 11.3 Å². The Morgan fingerprint density at radius 3 is 2.58 bits per heavy atom. The third-order valence-electron chi connectivity index (χ3n) is 4.35. The van der Waals surface area contributed by atoms with Gasteiger partial charge in [0.2, 0.25) is 0 Å². The summed E-state index contributed by atoms with van der Waals surface area (Å²) in [5.41, 5.74) is 1.50. The molecule has 1 aromatic carbocycles. The van der Waals surface area contributed by atoms with E-state index in [1.165, 1.54) is 29.7 Å². The molecule has 2 fully saturated rings. The lowest BCUT2D eigenvalue weighted by Gasteiger charge is -2.17. The molecule has 0 amide bonds. The molecule has 1 nitrogen and oxygen atoms in total. The Hall–Kier alpha value is -1.12. The minimum Gasteiger partial charge on any atom is -0.306 e. The fourth-order valence-electron chi connectivity index (χ4n) is 3.03. The predicted molar refractivity (Wildman–Crippen MR) is 80.5 cm³/mol. The zero-order valence-electron chi connectivity index (χ0n) is 11.0. The number of hydrogen-bond donors (Lipinski definition) is 1. The second-order valence-electron chi connectivity index (χ2n) is 5.86. The number of nitrogens with one attached hydrogen (secondary N) is 1. The maximum Gasteiger partial charge on any atom is 0.0445 e. The first-order valence-corrected chi connectivity index (χ1v) is 8.14. The number of thiophene rings is 1. The molecule has 0 radical (unpaired) electrons. The zero-order chi connectivity index (χ0) is 12.7. The van der Waals surface area contributed by atoms with Crippen LogP contribution < -0.4 is 5.32 Å². The molecule has 1 N–H and O–H groups in total. The van der Waals surface area contributed by atoms with Gasteiger partial charge >= 0.3 is 0 Å². The summed E-state index contributed by atoms with van der Waals surface area (Å²) in [5, 5.41) is 6.12. The fraction of sp³-hybridized carbons (Fsp3) is 0.412. The first-order chi connectivity index (χ1) is 9.42. The Balaban J connectivity index is 1.44. The average Bonchev–Trinajstić information content (AvgIpc) is 3.36. The van der Waals surface area contributed by atoms with E-state index in [1.54, 1.807) is 0 Å². The van der Waals surface area contributed by atoms with Crippen LogP contribution in [-0.2, 0) is 0 Å². The van der Waals surface area contributed by atoms with Crippen LogP contribution in [0.25, 0.3) is 0 Å². The highest BCUT2D eigenvalue weighted by Gasteiger charge is 2.43. The molecule has 3 unspecified atom stereocenters. The fourth-order valence-corrected chi connectivity index (χ4v) is 3.91. The molecule has 2 saturated carbocycles. The van der Waals surface area contributed by atoms with Gasteiger partial charge in [-0.15, -0.1) is 11.3 Å². The second kappa shape index (κ2) is 4.77. The van der Waals surface area contributed by atoms with E-state index in [1.807, 2.05) is 11.3 Å². The lowest BCUT2D eigenvalue weighted by Crippen LogP contribution is -2.25. The Bertz CT molecular complexity index is 530. The van der Waals surface area contributed by atoms with E-state index in [4.69, 9.17) is 0 Å². The summed E-state index contributed by atoms with van der Waals surface area (Å²) in [5.74, 6) is 1.62. The van der Waals surface area contributed by atoms with E-state index in [9.17, 15) is 0 Å². The van der Waals surface area contributed by atoms with Crippen molar-refractivity contribution in [3.63, 3.8) is 0 Å². The van der Waals surface area contributed by atoms with Gasteiger partial charge < -0.3 is 5.32 Å². The molecule has 2 aliphatic carbocycles. The summed E-state index contributed by atoms with van der Waals surface area (Å²) < 4.78 is 0. The van der Waals surface area contributed by atoms with E-state index in [-0.39, 0.29) is 0 Å². The molecule has 19 heavy (non-hydrogen) atoms. The van der Waals surface area contributed by atoms with Crippen molar-refractivity contribution in [3.05, 3.63) is 58.3 Å². The highest BCUT2D eigenvalue weighted by Crippen LogP contribution is 2.47. The standard InChI is InChI=1S/C17H19NS/c1-2-5-12(6-3-1)14-11-15(14)18-17(13-8-9-13)16-7-4-10-19-16/h1-7,10,13-15,17-18H,8-9,11H2.